The Morgan fingerprint density at radius 3 is 2.87 bits per heavy atom. The number of hydrogen-bond donors (Lipinski definition) is 0. The monoisotopic (exact) mass is 303 g/mol. The molecule has 0 saturated heterocycles. The lowest BCUT2D eigenvalue weighted by Crippen LogP contribution is -2.05. The van der Waals surface area contributed by atoms with E-state index >= 15 is 0 Å². The molecule has 0 aliphatic rings. The number of furan rings is 1. The van der Waals surface area contributed by atoms with Crippen LogP contribution in [0.25, 0.3) is 21.9 Å². The number of esters is 1. The molecule has 2 aromatic heterocycles. The number of benzene rings is 2. The Hall–Kier alpha value is -3.14. The highest BCUT2D eigenvalue weighted by Crippen LogP contribution is 2.21. The molecule has 2 aromatic carbocycles. The average Bonchev–Trinajstić information content (AvgIpc) is 3.02. The van der Waals surface area contributed by atoms with Crippen LogP contribution >= 0.6 is 0 Å². The van der Waals surface area contributed by atoms with E-state index in [1.54, 1.807) is 24.4 Å². The Morgan fingerprint density at radius 1 is 1.04 bits per heavy atom. The Balaban J connectivity index is 1.57. The second-order valence-corrected chi connectivity index (χ2v) is 5.20. The number of aromatic nitrogens is 1. The highest BCUT2D eigenvalue weighted by molar-refractivity contribution is 6.03. The van der Waals surface area contributed by atoms with Crippen LogP contribution in [-0.2, 0) is 11.3 Å². The summed E-state index contributed by atoms with van der Waals surface area (Å²) in [5, 5.41) is 1.78. The van der Waals surface area contributed by atoms with Crippen LogP contribution in [0.4, 0.5) is 0 Å². The first-order chi connectivity index (χ1) is 11.3. The zero-order valence-electron chi connectivity index (χ0n) is 12.2. The Bertz CT molecular complexity index is 965. The number of nitrogens with zero attached hydrogens (tertiary/aromatic N) is 1. The Labute approximate surface area is 132 Å². The molecule has 0 saturated carbocycles. The molecular weight excluding hydrogens is 290 g/mol. The molecule has 4 rings (SSSR count). The summed E-state index contributed by atoms with van der Waals surface area (Å²) in [6.07, 6.45) is 1.70. The van der Waals surface area contributed by atoms with Crippen LogP contribution in [0, 0.1) is 0 Å². The van der Waals surface area contributed by atoms with Gasteiger partial charge >= 0.3 is 5.97 Å². The van der Waals surface area contributed by atoms with Gasteiger partial charge in [-0.3, -0.25) is 4.98 Å². The zero-order valence-corrected chi connectivity index (χ0v) is 12.2. The number of carbonyl (C=O) groups excluding carboxylic acids is 1. The van der Waals surface area contributed by atoms with Crippen molar-refractivity contribution in [2.75, 3.05) is 0 Å². The smallest absolute Gasteiger partial charge is 0.339 e. The van der Waals surface area contributed by atoms with Crippen LogP contribution in [-0.4, -0.2) is 11.0 Å². The van der Waals surface area contributed by atoms with Crippen molar-refractivity contribution < 1.29 is 13.9 Å². The predicted molar refractivity (Wildman–Crippen MR) is 87.1 cm³/mol. The first-order valence-corrected chi connectivity index (χ1v) is 7.29. The van der Waals surface area contributed by atoms with Gasteiger partial charge in [-0.2, -0.15) is 0 Å². The molecule has 4 heteroatoms. The maximum absolute atomic E-state index is 12.4. The molecule has 2 heterocycles. The van der Waals surface area contributed by atoms with Crippen molar-refractivity contribution in [2.45, 2.75) is 6.61 Å². The van der Waals surface area contributed by atoms with Gasteiger partial charge < -0.3 is 9.15 Å². The van der Waals surface area contributed by atoms with E-state index in [9.17, 15) is 4.79 Å². The molecule has 112 valence electrons. The van der Waals surface area contributed by atoms with Crippen molar-refractivity contribution in [1.82, 2.24) is 4.98 Å². The van der Waals surface area contributed by atoms with Gasteiger partial charge in [0.15, 0.2) is 0 Å². The molecule has 0 bridgehead atoms. The number of ether oxygens (including phenoxy) is 1. The van der Waals surface area contributed by atoms with Crippen LogP contribution in [0.1, 0.15) is 16.1 Å². The summed E-state index contributed by atoms with van der Waals surface area (Å²) < 4.78 is 11.0. The first-order valence-electron chi connectivity index (χ1n) is 7.29. The molecule has 0 amide bonds. The van der Waals surface area contributed by atoms with Gasteiger partial charge in [0.25, 0.3) is 0 Å². The third-order valence-electron chi connectivity index (χ3n) is 3.69. The molecule has 23 heavy (non-hydrogen) atoms. The minimum Gasteiger partial charge on any atom is -0.457 e. The fourth-order valence-corrected chi connectivity index (χ4v) is 2.60. The average molecular weight is 303 g/mol. The zero-order chi connectivity index (χ0) is 15.6. The SMILES string of the molecule is O=C(OCc1cc2ccccc2o1)c1cccc2ncccc12. The van der Waals surface area contributed by atoms with Crippen molar-refractivity contribution in [1.29, 1.82) is 0 Å². The molecule has 0 unspecified atom stereocenters. The maximum Gasteiger partial charge on any atom is 0.339 e. The highest BCUT2D eigenvalue weighted by atomic mass is 16.5. The normalized spacial score (nSPS) is 11.0. The number of para-hydroxylation sites is 1. The quantitative estimate of drug-likeness (QED) is 0.528. The molecule has 0 spiro atoms. The lowest BCUT2D eigenvalue weighted by Gasteiger charge is -2.05. The second kappa shape index (κ2) is 5.57. The number of carbonyl (C=O) groups is 1. The van der Waals surface area contributed by atoms with Gasteiger partial charge in [0.1, 0.15) is 18.0 Å². The van der Waals surface area contributed by atoms with Gasteiger partial charge in [0.05, 0.1) is 11.1 Å². The van der Waals surface area contributed by atoms with Crippen LogP contribution < -0.4 is 0 Å². The standard InChI is InChI=1S/C19H13NO3/c21-19(16-6-3-8-17-15(16)7-4-10-20-17)22-12-14-11-13-5-1-2-9-18(13)23-14/h1-11H,12H2. The van der Waals surface area contributed by atoms with E-state index in [4.69, 9.17) is 9.15 Å². The van der Waals surface area contributed by atoms with Gasteiger partial charge in [-0.1, -0.05) is 30.3 Å². The first kappa shape index (κ1) is 13.5. The fourth-order valence-electron chi connectivity index (χ4n) is 2.60. The predicted octanol–water partition coefficient (Wildman–Crippen LogP) is 4.34. The third-order valence-corrected chi connectivity index (χ3v) is 3.69. The second-order valence-electron chi connectivity index (χ2n) is 5.20. The van der Waals surface area contributed by atoms with E-state index in [0.717, 1.165) is 21.9 Å². The summed E-state index contributed by atoms with van der Waals surface area (Å²) in [7, 11) is 0. The van der Waals surface area contributed by atoms with Crippen molar-refractivity contribution in [3.63, 3.8) is 0 Å². The number of pyridine rings is 1. The van der Waals surface area contributed by atoms with Gasteiger partial charge in [-0.05, 0) is 30.3 Å². The molecule has 4 nitrogen and oxygen atoms in total. The van der Waals surface area contributed by atoms with E-state index in [-0.39, 0.29) is 12.6 Å². The summed E-state index contributed by atoms with van der Waals surface area (Å²) in [6.45, 7) is 0.101. The Morgan fingerprint density at radius 2 is 1.96 bits per heavy atom. The molecule has 0 aliphatic carbocycles. The van der Waals surface area contributed by atoms with Crippen LogP contribution in [0.3, 0.4) is 0 Å². The van der Waals surface area contributed by atoms with Crippen molar-refractivity contribution >= 4 is 27.8 Å². The fraction of sp³-hybridized carbons (Fsp3) is 0.0526. The molecule has 0 fully saturated rings. The lowest BCUT2D eigenvalue weighted by atomic mass is 10.1. The molecule has 0 N–H and O–H groups in total. The van der Waals surface area contributed by atoms with E-state index in [1.807, 2.05) is 42.5 Å². The van der Waals surface area contributed by atoms with E-state index in [2.05, 4.69) is 4.98 Å². The minimum atomic E-state index is -0.385. The topological polar surface area (TPSA) is 52.3 Å². The highest BCUT2D eigenvalue weighted by Gasteiger charge is 2.13. The van der Waals surface area contributed by atoms with Gasteiger partial charge in [0.2, 0.25) is 0 Å². The lowest BCUT2D eigenvalue weighted by molar-refractivity contribution is 0.0450. The molecule has 4 aromatic rings. The van der Waals surface area contributed by atoms with Crippen molar-refractivity contribution in [2.24, 2.45) is 0 Å². The molecule has 0 radical (unpaired) electrons. The van der Waals surface area contributed by atoms with Crippen molar-refractivity contribution in [3.8, 4) is 0 Å². The summed E-state index contributed by atoms with van der Waals surface area (Å²) in [5.74, 6) is 0.238. The summed E-state index contributed by atoms with van der Waals surface area (Å²) in [5.41, 5.74) is 2.06. The molecular formula is C19H13NO3. The van der Waals surface area contributed by atoms with Gasteiger partial charge in [0, 0.05) is 17.0 Å². The van der Waals surface area contributed by atoms with E-state index in [1.165, 1.54) is 0 Å². The van der Waals surface area contributed by atoms with Gasteiger partial charge in [-0.25, -0.2) is 4.79 Å². The number of rotatable bonds is 3. The number of fused-ring (bicyclic) bond motifs is 2. The van der Waals surface area contributed by atoms with Gasteiger partial charge in [-0.15, -0.1) is 0 Å². The summed E-state index contributed by atoms with van der Waals surface area (Å²) >= 11 is 0. The number of hydrogen-bond acceptors (Lipinski definition) is 4. The largest absolute Gasteiger partial charge is 0.457 e. The Kier molecular flexibility index (Phi) is 3.27. The summed E-state index contributed by atoms with van der Waals surface area (Å²) in [4.78, 5) is 16.6. The third kappa shape index (κ3) is 2.55. The summed E-state index contributed by atoms with van der Waals surface area (Å²) in [6, 6.07) is 18.6. The molecule has 0 aliphatic heterocycles. The van der Waals surface area contributed by atoms with E-state index < -0.39 is 0 Å². The maximum atomic E-state index is 12.4. The van der Waals surface area contributed by atoms with Crippen molar-refractivity contribution in [3.05, 3.63) is 78.2 Å². The van der Waals surface area contributed by atoms with E-state index in [0.29, 0.717) is 11.3 Å². The molecule has 0 atom stereocenters. The minimum absolute atomic E-state index is 0.101. The van der Waals surface area contributed by atoms with Crippen LogP contribution in [0.2, 0.25) is 0 Å². The van der Waals surface area contributed by atoms with Crippen LogP contribution in [0.5, 0.6) is 0 Å². The van der Waals surface area contributed by atoms with Crippen LogP contribution in [0.15, 0.2) is 71.3 Å².